The lowest BCUT2D eigenvalue weighted by Gasteiger charge is -2.18. The smallest absolute Gasteiger partial charge is 0.126 e. The number of benzene rings is 1. The molecule has 2 rings (SSSR count). The fourth-order valence-electron chi connectivity index (χ4n) is 1.75. The van der Waals surface area contributed by atoms with E-state index in [1.54, 1.807) is 0 Å². The van der Waals surface area contributed by atoms with Gasteiger partial charge in [-0.2, -0.15) is 0 Å². The molecule has 0 saturated carbocycles. The molecule has 17 heavy (non-hydrogen) atoms. The molecule has 1 aromatic heterocycles. The third kappa shape index (κ3) is 2.33. The molecular formula is C13H19N3O. The van der Waals surface area contributed by atoms with E-state index in [0.29, 0.717) is 5.82 Å². The van der Waals surface area contributed by atoms with Crippen molar-refractivity contribution >= 4 is 11.0 Å². The normalized spacial score (nSPS) is 14.2. The summed E-state index contributed by atoms with van der Waals surface area (Å²) in [5, 5.41) is 9.01. The summed E-state index contributed by atoms with van der Waals surface area (Å²) in [5.41, 5.74) is 8.93. The van der Waals surface area contributed by atoms with E-state index in [1.165, 1.54) is 5.56 Å². The summed E-state index contributed by atoms with van der Waals surface area (Å²) in [6, 6.07) is 5.73. The van der Waals surface area contributed by atoms with Gasteiger partial charge in [-0.05, 0) is 23.1 Å². The van der Waals surface area contributed by atoms with E-state index in [0.717, 1.165) is 11.0 Å². The second kappa shape index (κ2) is 4.13. The Kier molecular flexibility index (Phi) is 2.93. The maximum atomic E-state index is 9.01. The van der Waals surface area contributed by atoms with Crippen LogP contribution in [0.2, 0.25) is 0 Å². The van der Waals surface area contributed by atoms with Gasteiger partial charge in [0, 0.05) is 0 Å². The highest BCUT2D eigenvalue weighted by Crippen LogP contribution is 2.25. The number of nitrogens with two attached hydrogens (primary N) is 1. The second-order valence-corrected chi connectivity index (χ2v) is 5.39. The number of fused-ring (bicyclic) bond motifs is 1. The molecule has 0 bridgehead atoms. The van der Waals surface area contributed by atoms with Crippen molar-refractivity contribution in [2.75, 3.05) is 6.61 Å². The van der Waals surface area contributed by atoms with Crippen LogP contribution in [-0.2, 0) is 5.41 Å². The lowest BCUT2D eigenvalue weighted by Crippen LogP contribution is -2.15. The van der Waals surface area contributed by atoms with Crippen LogP contribution in [0.15, 0.2) is 18.2 Å². The van der Waals surface area contributed by atoms with Crippen molar-refractivity contribution in [3.8, 4) is 0 Å². The van der Waals surface area contributed by atoms with Gasteiger partial charge in [0.05, 0.1) is 23.7 Å². The summed E-state index contributed by atoms with van der Waals surface area (Å²) in [4.78, 5) is 7.55. The highest BCUT2D eigenvalue weighted by molar-refractivity contribution is 5.76. The minimum absolute atomic E-state index is 0.104. The average molecular weight is 233 g/mol. The van der Waals surface area contributed by atoms with Crippen molar-refractivity contribution in [3.05, 3.63) is 29.6 Å². The number of aliphatic hydroxyl groups excluding tert-OH is 1. The lowest BCUT2D eigenvalue weighted by atomic mass is 9.87. The number of nitrogens with zero attached hydrogens (tertiary/aromatic N) is 1. The van der Waals surface area contributed by atoms with Gasteiger partial charge in [-0.3, -0.25) is 0 Å². The number of hydrogen-bond donors (Lipinski definition) is 3. The zero-order valence-corrected chi connectivity index (χ0v) is 10.5. The standard InChI is InChI=1S/C13H19N3O/c1-13(2,3)8-4-5-10-11(6-8)16-12(15-10)9(14)7-17/h4-6,9,17H,7,14H2,1-3H3,(H,15,16)/t9-/m0/s1. The topological polar surface area (TPSA) is 74.9 Å². The molecule has 1 heterocycles. The minimum atomic E-state index is -0.444. The van der Waals surface area contributed by atoms with Crippen LogP contribution in [0.4, 0.5) is 0 Å². The molecule has 0 aliphatic heterocycles. The van der Waals surface area contributed by atoms with Gasteiger partial charge in [0.1, 0.15) is 5.82 Å². The molecule has 0 spiro atoms. The number of hydrogen-bond acceptors (Lipinski definition) is 3. The summed E-state index contributed by atoms with van der Waals surface area (Å²) in [6.45, 7) is 6.40. The first kappa shape index (κ1) is 12.1. The van der Waals surface area contributed by atoms with Crippen LogP contribution < -0.4 is 5.73 Å². The Morgan fingerprint density at radius 3 is 2.71 bits per heavy atom. The molecule has 0 fully saturated rings. The molecule has 4 heteroatoms. The number of aromatic nitrogens is 2. The van der Waals surface area contributed by atoms with E-state index in [4.69, 9.17) is 10.8 Å². The first-order chi connectivity index (χ1) is 7.91. The lowest BCUT2D eigenvalue weighted by molar-refractivity contribution is 0.264. The Hall–Kier alpha value is -1.39. The molecule has 0 amide bonds. The molecular weight excluding hydrogens is 214 g/mol. The minimum Gasteiger partial charge on any atom is -0.394 e. The van der Waals surface area contributed by atoms with Crippen molar-refractivity contribution in [1.82, 2.24) is 9.97 Å². The number of aliphatic hydroxyl groups is 1. The Morgan fingerprint density at radius 1 is 1.41 bits per heavy atom. The third-order valence-electron chi connectivity index (χ3n) is 2.92. The molecule has 92 valence electrons. The van der Waals surface area contributed by atoms with E-state index >= 15 is 0 Å². The predicted octanol–water partition coefficient (Wildman–Crippen LogP) is 1.85. The summed E-state index contributed by atoms with van der Waals surface area (Å²) >= 11 is 0. The van der Waals surface area contributed by atoms with Gasteiger partial charge in [-0.15, -0.1) is 0 Å². The Bertz CT molecular complexity index is 525. The van der Waals surface area contributed by atoms with Gasteiger partial charge in [-0.1, -0.05) is 26.8 Å². The van der Waals surface area contributed by atoms with E-state index in [9.17, 15) is 0 Å². The average Bonchev–Trinajstić information content (AvgIpc) is 2.69. The van der Waals surface area contributed by atoms with Gasteiger partial charge in [0.25, 0.3) is 0 Å². The first-order valence-electron chi connectivity index (χ1n) is 5.78. The highest BCUT2D eigenvalue weighted by Gasteiger charge is 2.16. The van der Waals surface area contributed by atoms with Crippen molar-refractivity contribution in [2.24, 2.45) is 5.73 Å². The van der Waals surface area contributed by atoms with Crippen molar-refractivity contribution in [2.45, 2.75) is 32.2 Å². The van der Waals surface area contributed by atoms with Crippen molar-refractivity contribution in [3.63, 3.8) is 0 Å². The maximum absolute atomic E-state index is 9.01. The molecule has 0 unspecified atom stereocenters. The Balaban J connectivity index is 2.48. The number of H-pyrrole nitrogens is 1. The quantitative estimate of drug-likeness (QED) is 0.741. The highest BCUT2D eigenvalue weighted by atomic mass is 16.3. The van der Waals surface area contributed by atoms with Gasteiger partial charge in [-0.25, -0.2) is 4.98 Å². The van der Waals surface area contributed by atoms with Gasteiger partial charge >= 0.3 is 0 Å². The van der Waals surface area contributed by atoms with Crippen LogP contribution in [-0.4, -0.2) is 21.7 Å². The van der Waals surface area contributed by atoms with E-state index in [1.807, 2.05) is 6.07 Å². The van der Waals surface area contributed by atoms with Crippen molar-refractivity contribution in [1.29, 1.82) is 0 Å². The SMILES string of the molecule is CC(C)(C)c1ccc2[nH]c([C@@H](N)CO)nc2c1. The summed E-state index contributed by atoms with van der Waals surface area (Å²) in [7, 11) is 0. The molecule has 0 saturated heterocycles. The zero-order valence-electron chi connectivity index (χ0n) is 10.5. The Morgan fingerprint density at radius 2 is 2.12 bits per heavy atom. The van der Waals surface area contributed by atoms with Crippen LogP contribution >= 0.6 is 0 Å². The molecule has 0 aliphatic rings. The molecule has 1 atom stereocenters. The summed E-state index contributed by atoms with van der Waals surface area (Å²) in [6.07, 6.45) is 0. The molecule has 1 aromatic carbocycles. The van der Waals surface area contributed by atoms with Crippen LogP contribution in [0.25, 0.3) is 11.0 Å². The van der Waals surface area contributed by atoms with Crippen LogP contribution in [0.5, 0.6) is 0 Å². The fourth-order valence-corrected chi connectivity index (χ4v) is 1.75. The summed E-state index contributed by atoms with van der Waals surface area (Å²) < 4.78 is 0. The van der Waals surface area contributed by atoms with Gasteiger partial charge in [0.15, 0.2) is 0 Å². The molecule has 4 N–H and O–H groups in total. The number of nitrogens with one attached hydrogen (secondary N) is 1. The van der Waals surface area contributed by atoms with Gasteiger partial charge in [0.2, 0.25) is 0 Å². The number of aromatic amines is 1. The van der Waals surface area contributed by atoms with E-state index < -0.39 is 6.04 Å². The first-order valence-corrected chi connectivity index (χ1v) is 5.78. The maximum Gasteiger partial charge on any atom is 0.126 e. The fraction of sp³-hybridized carbons (Fsp3) is 0.462. The second-order valence-electron chi connectivity index (χ2n) is 5.39. The summed E-state index contributed by atoms with van der Waals surface area (Å²) in [5.74, 6) is 0.633. The van der Waals surface area contributed by atoms with Crippen LogP contribution in [0, 0.1) is 0 Å². The largest absolute Gasteiger partial charge is 0.394 e. The van der Waals surface area contributed by atoms with Crippen LogP contribution in [0.1, 0.15) is 38.2 Å². The van der Waals surface area contributed by atoms with Crippen molar-refractivity contribution < 1.29 is 5.11 Å². The number of rotatable bonds is 2. The molecule has 2 aromatic rings. The number of imidazole rings is 1. The molecule has 0 radical (unpaired) electrons. The van der Waals surface area contributed by atoms with Gasteiger partial charge < -0.3 is 15.8 Å². The monoisotopic (exact) mass is 233 g/mol. The molecule has 4 nitrogen and oxygen atoms in total. The molecule has 0 aliphatic carbocycles. The van der Waals surface area contributed by atoms with E-state index in [2.05, 4.69) is 42.9 Å². The van der Waals surface area contributed by atoms with E-state index in [-0.39, 0.29) is 12.0 Å². The predicted molar refractivity (Wildman–Crippen MR) is 68.8 cm³/mol. The third-order valence-corrected chi connectivity index (χ3v) is 2.92. The Labute approximate surface area is 101 Å². The van der Waals surface area contributed by atoms with Crippen LogP contribution in [0.3, 0.4) is 0 Å². The zero-order chi connectivity index (χ0) is 12.6.